The van der Waals surface area contributed by atoms with Crippen LogP contribution in [0.15, 0.2) is 71.7 Å². The van der Waals surface area contributed by atoms with Crippen LogP contribution < -0.4 is 22.5 Å². The summed E-state index contributed by atoms with van der Waals surface area (Å²) in [5, 5.41) is 0.697. The first-order valence-corrected chi connectivity index (χ1v) is 7.25. The lowest BCUT2D eigenvalue weighted by atomic mass is 10.2. The third-order valence-corrected chi connectivity index (χ3v) is 3.85. The molecule has 0 aliphatic carbocycles. The van der Waals surface area contributed by atoms with Gasteiger partial charge in [0.25, 0.3) is 5.56 Å². The van der Waals surface area contributed by atoms with Gasteiger partial charge in [0.15, 0.2) is 0 Å². The van der Waals surface area contributed by atoms with Crippen molar-refractivity contribution in [2.45, 2.75) is 0 Å². The minimum Gasteiger partial charge on any atom is -1.00 e. The number of benzene rings is 2. The van der Waals surface area contributed by atoms with Crippen molar-refractivity contribution in [2.24, 2.45) is 0 Å². The van der Waals surface area contributed by atoms with E-state index in [1.54, 1.807) is 10.7 Å². The molecule has 0 spiro atoms. The molecule has 4 nitrogen and oxygen atoms in total. The molecular weight excluding hydrogens is 378 g/mol. The maximum absolute atomic E-state index is 12.2. The highest BCUT2D eigenvalue weighted by atomic mass is 79.9. The first kappa shape index (κ1) is 15.6. The van der Waals surface area contributed by atoms with Crippen molar-refractivity contribution >= 4 is 17.2 Å². The molecule has 0 unspecified atom stereocenters. The Bertz CT molecular complexity index is 1000. The summed E-state index contributed by atoms with van der Waals surface area (Å²) in [7, 11) is 0. The second-order valence-corrected chi connectivity index (χ2v) is 5.47. The SMILES string of the molecule is O=c1cc2[nH]c(-c3ccc(Cl)cc3)cn2n1-c1ccccc1.[Br-]. The summed E-state index contributed by atoms with van der Waals surface area (Å²) in [6.45, 7) is 0. The van der Waals surface area contributed by atoms with E-state index in [1.807, 2.05) is 65.3 Å². The molecule has 0 saturated carbocycles. The van der Waals surface area contributed by atoms with Crippen molar-refractivity contribution < 1.29 is 17.0 Å². The molecule has 4 aromatic rings. The molecule has 0 aliphatic heterocycles. The predicted molar refractivity (Wildman–Crippen MR) is 87.8 cm³/mol. The van der Waals surface area contributed by atoms with Gasteiger partial charge in [-0.3, -0.25) is 4.79 Å². The molecule has 0 saturated heterocycles. The van der Waals surface area contributed by atoms with E-state index >= 15 is 0 Å². The van der Waals surface area contributed by atoms with E-state index in [4.69, 9.17) is 11.6 Å². The third-order valence-electron chi connectivity index (χ3n) is 3.60. The third kappa shape index (κ3) is 2.73. The van der Waals surface area contributed by atoms with Crippen LogP contribution in [-0.2, 0) is 0 Å². The van der Waals surface area contributed by atoms with E-state index < -0.39 is 0 Å². The number of halogens is 2. The fourth-order valence-electron chi connectivity index (χ4n) is 2.57. The van der Waals surface area contributed by atoms with E-state index in [1.165, 1.54) is 0 Å². The Kier molecular flexibility index (Phi) is 4.15. The smallest absolute Gasteiger partial charge is 0.273 e. The molecule has 4 rings (SSSR count). The Morgan fingerprint density at radius 1 is 0.957 bits per heavy atom. The fraction of sp³-hybridized carbons (Fsp3) is 0. The molecule has 0 atom stereocenters. The van der Waals surface area contributed by atoms with E-state index in [-0.39, 0.29) is 22.5 Å². The number of imidazole rings is 1. The largest absolute Gasteiger partial charge is 1.00 e. The van der Waals surface area contributed by atoms with Crippen LogP contribution >= 0.6 is 11.6 Å². The summed E-state index contributed by atoms with van der Waals surface area (Å²) >= 11 is 5.92. The van der Waals surface area contributed by atoms with Gasteiger partial charge < -0.3 is 22.0 Å². The molecule has 0 amide bonds. The molecule has 2 aromatic heterocycles. The molecule has 23 heavy (non-hydrogen) atoms. The predicted octanol–water partition coefficient (Wildman–Crippen LogP) is 0.743. The summed E-state index contributed by atoms with van der Waals surface area (Å²) < 4.78 is 3.45. The van der Waals surface area contributed by atoms with Gasteiger partial charge in [-0.25, -0.2) is 9.20 Å². The van der Waals surface area contributed by atoms with Gasteiger partial charge in [-0.05, 0) is 29.8 Å². The Morgan fingerprint density at radius 2 is 1.65 bits per heavy atom. The van der Waals surface area contributed by atoms with Crippen LogP contribution in [0.1, 0.15) is 0 Å². The minimum absolute atomic E-state index is 0. The minimum atomic E-state index is -0.0693. The van der Waals surface area contributed by atoms with Crippen LogP contribution in [0, 0.1) is 0 Å². The number of hydrogen-bond donors (Lipinski definition) is 1. The Hall–Kier alpha value is -2.24. The number of rotatable bonds is 2. The van der Waals surface area contributed by atoms with Crippen molar-refractivity contribution in [1.82, 2.24) is 14.2 Å². The molecule has 2 aromatic carbocycles. The highest BCUT2D eigenvalue weighted by molar-refractivity contribution is 6.30. The molecule has 0 radical (unpaired) electrons. The fourth-order valence-corrected chi connectivity index (χ4v) is 2.69. The lowest BCUT2D eigenvalue weighted by molar-refractivity contribution is -0.00000436. The molecule has 1 N–H and O–H groups in total. The van der Waals surface area contributed by atoms with E-state index in [0.717, 1.165) is 22.6 Å². The van der Waals surface area contributed by atoms with Gasteiger partial charge in [0.05, 0.1) is 17.6 Å². The van der Waals surface area contributed by atoms with Crippen molar-refractivity contribution in [3.8, 4) is 16.9 Å². The maximum Gasteiger partial charge on any atom is 0.273 e. The lowest BCUT2D eigenvalue weighted by Gasteiger charge is -2.03. The number of aromatic nitrogens is 3. The van der Waals surface area contributed by atoms with Crippen molar-refractivity contribution in [3.05, 3.63) is 82.2 Å². The van der Waals surface area contributed by atoms with Crippen molar-refractivity contribution in [3.63, 3.8) is 0 Å². The Morgan fingerprint density at radius 3 is 2.35 bits per heavy atom. The number of fused-ring (bicyclic) bond motifs is 1. The van der Waals surface area contributed by atoms with Crippen molar-refractivity contribution in [2.75, 3.05) is 0 Å². The summed E-state index contributed by atoms with van der Waals surface area (Å²) in [5.74, 6) is 0. The average molecular weight is 390 g/mol. The zero-order valence-electron chi connectivity index (χ0n) is 11.9. The van der Waals surface area contributed by atoms with Crippen LogP contribution in [0.3, 0.4) is 0 Å². The number of H-pyrrole nitrogens is 1. The number of para-hydroxylation sites is 1. The Balaban J connectivity index is 0.00000156. The van der Waals surface area contributed by atoms with Gasteiger partial charge >= 0.3 is 0 Å². The van der Waals surface area contributed by atoms with Crippen LogP contribution in [0.25, 0.3) is 22.6 Å². The van der Waals surface area contributed by atoms with E-state index in [9.17, 15) is 4.79 Å². The van der Waals surface area contributed by atoms with E-state index in [2.05, 4.69) is 4.98 Å². The average Bonchev–Trinajstić information content (AvgIpc) is 3.05. The first-order chi connectivity index (χ1) is 10.7. The van der Waals surface area contributed by atoms with Gasteiger partial charge in [-0.15, -0.1) is 0 Å². The summed E-state index contributed by atoms with van der Waals surface area (Å²) in [4.78, 5) is 15.5. The first-order valence-electron chi connectivity index (χ1n) is 6.87. The molecular formula is C17H12BrClN3O-. The summed E-state index contributed by atoms with van der Waals surface area (Å²) in [6.07, 6.45) is 1.91. The van der Waals surface area contributed by atoms with Crippen LogP contribution in [0.4, 0.5) is 0 Å². The van der Waals surface area contributed by atoms with Crippen LogP contribution in [0.2, 0.25) is 5.02 Å². The monoisotopic (exact) mass is 388 g/mol. The standard InChI is InChI=1S/C17H12ClN3O.BrH/c18-13-8-6-12(7-9-13)15-11-20-16(19-15)10-17(22)21(20)14-4-2-1-3-5-14;/h1-11,19H;1H/p-1. The topological polar surface area (TPSA) is 42.2 Å². The molecule has 0 bridgehead atoms. The lowest BCUT2D eigenvalue weighted by Crippen LogP contribution is -3.00. The van der Waals surface area contributed by atoms with Gasteiger partial charge in [-0.1, -0.05) is 41.9 Å². The second kappa shape index (κ2) is 6.10. The second-order valence-electron chi connectivity index (χ2n) is 5.03. The number of nitrogens with one attached hydrogen (secondary N) is 1. The normalized spacial score (nSPS) is 10.7. The number of aromatic amines is 1. The number of nitrogens with zero attached hydrogens (tertiary/aromatic N) is 2. The van der Waals surface area contributed by atoms with Gasteiger partial charge in [0.1, 0.15) is 5.65 Å². The molecule has 2 heterocycles. The van der Waals surface area contributed by atoms with E-state index in [0.29, 0.717) is 5.02 Å². The van der Waals surface area contributed by atoms with Gasteiger partial charge in [-0.2, -0.15) is 0 Å². The highest BCUT2D eigenvalue weighted by Gasteiger charge is 2.11. The van der Waals surface area contributed by atoms with Crippen molar-refractivity contribution in [1.29, 1.82) is 0 Å². The van der Waals surface area contributed by atoms with Crippen LogP contribution in [0.5, 0.6) is 0 Å². The molecule has 0 aliphatic rings. The molecule has 116 valence electrons. The zero-order valence-corrected chi connectivity index (χ0v) is 14.3. The van der Waals surface area contributed by atoms with Gasteiger partial charge in [0, 0.05) is 11.1 Å². The highest BCUT2D eigenvalue weighted by Crippen LogP contribution is 2.21. The maximum atomic E-state index is 12.2. The molecule has 0 fully saturated rings. The molecule has 6 heteroatoms. The van der Waals surface area contributed by atoms with Gasteiger partial charge in [0.2, 0.25) is 0 Å². The summed E-state index contributed by atoms with van der Waals surface area (Å²) in [5.41, 5.74) is 3.45. The quantitative estimate of drug-likeness (QED) is 0.540. The zero-order chi connectivity index (χ0) is 15.1. The Labute approximate surface area is 147 Å². The van der Waals surface area contributed by atoms with Crippen LogP contribution in [-0.4, -0.2) is 14.2 Å². The number of hydrogen-bond acceptors (Lipinski definition) is 1. The summed E-state index contributed by atoms with van der Waals surface area (Å²) in [6, 6.07) is 18.7.